The second-order valence-electron chi connectivity index (χ2n) is 3.96. The molecule has 0 heterocycles. The third kappa shape index (κ3) is 6.74. The molecule has 0 spiro atoms. The fraction of sp³-hybridized carbons (Fsp3) is 0.583. The Balaban J connectivity index is 4.67. The van der Waals surface area contributed by atoms with E-state index in [1.807, 2.05) is 0 Å². The number of ether oxygens (including phenoxy) is 1. The number of likely N-dealkylation sites (N-methyl/N-ethyl adjacent to an activating group) is 1. The summed E-state index contributed by atoms with van der Waals surface area (Å²) in [6, 6.07) is -1.75. The molecule has 2 atom stereocenters. The maximum atomic E-state index is 12.0. The minimum absolute atomic E-state index is 0.120. The van der Waals surface area contributed by atoms with Gasteiger partial charge in [-0.1, -0.05) is 6.08 Å². The van der Waals surface area contributed by atoms with Gasteiger partial charge in [-0.2, -0.15) is 0 Å². The number of methoxy groups -OCH3 is 1. The Morgan fingerprint density at radius 2 is 2.10 bits per heavy atom. The van der Waals surface area contributed by atoms with Gasteiger partial charge in [0.15, 0.2) is 1.41 Å². The minimum Gasteiger partial charge on any atom is -0.469 e. The highest BCUT2D eigenvalue weighted by Crippen LogP contribution is 1.95. The number of nitrogens with two attached hydrogens (primary N) is 1. The van der Waals surface area contributed by atoms with Gasteiger partial charge in [0.1, 0.15) is 6.04 Å². The Morgan fingerprint density at radius 1 is 1.40 bits per heavy atom. The molecular weight excluding hydrogens is 264 g/mol. The van der Waals surface area contributed by atoms with Crippen LogP contribution in [-0.2, 0) is 19.1 Å². The highest BCUT2D eigenvalue weighted by Gasteiger charge is 2.25. The van der Waals surface area contributed by atoms with Crippen LogP contribution < -0.4 is 21.7 Å². The first-order valence-corrected chi connectivity index (χ1v) is 6.10. The van der Waals surface area contributed by atoms with Gasteiger partial charge in [-0.25, -0.2) is 0 Å². The molecule has 0 aliphatic rings. The van der Waals surface area contributed by atoms with Gasteiger partial charge >= 0.3 is 5.97 Å². The van der Waals surface area contributed by atoms with Crippen LogP contribution in [0.3, 0.4) is 0 Å². The summed E-state index contributed by atoms with van der Waals surface area (Å²) in [6.07, 6.45) is 3.18. The monoisotopic (exact) mass is 288 g/mol. The average molecular weight is 288 g/mol. The lowest BCUT2D eigenvalue weighted by atomic mass is 10.1. The Morgan fingerprint density at radius 3 is 2.60 bits per heavy atom. The summed E-state index contributed by atoms with van der Waals surface area (Å²) >= 11 is 0. The smallest absolute Gasteiger partial charge is 0.307 e. The molecule has 20 heavy (non-hydrogen) atoms. The van der Waals surface area contributed by atoms with Crippen LogP contribution in [0.1, 0.15) is 13.3 Å². The first-order chi connectivity index (χ1) is 9.99. The Kier molecular flexibility index (Phi) is 7.82. The number of rotatable bonds is 9. The number of esters is 1. The second-order valence-corrected chi connectivity index (χ2v) is 3.96. The molecule has 5 N–H and O–H groups in total. The zero-order valence-electron chi connectivity index (χ0n) is 12.9. The van der Waals surface area contributed by atoms with E-state index in [4.69, 9.17) is 1.41 Å². The number of hydrogen-bond acceptors (Lipinski definition) is 6. The molecule has 0 aromatic rings. The molecule has 0 saturated heterocycles. The van der Waals surface area contributed by atoms with Gasteiger partial charge in [-0.05, 0) is 20.2 Å². The summed E-state index contributed by atoms with van der Waals surface area (Å²) in [6.45, 7) is 1.91. The van der Waals surface area contributed by atoms with E-state index in [9.17, 15) is 14.4 Å². The van der Waals surface area contributed by atoms with E-state index in [-0.39, 0.29) is 13.0 Å². The number of primary amides is 1. The molecule has 0 bridgehead atoms. The van der Waals surface area contributed by atoms with Gasteiger partial charge in [-0.3, -0.25) is 14.4 Å². The van der Waals surface area contributed by atoms with Crippen LogP contribution in [0.2, 0.25) is 1.41 Å². The molecule has 8 heteroatoms. The molecular formula is C12H22N4O4. The zero-order valence-corrected chi connectivity index (χ0v) is 11.9. The van der Waals surface area contributed by atoms with Crippen molar-refractivity contribution in [1.29, 1.82) is 0 Å². The van der Waals surface area contributed by atoms with Crippen molar-refractivity contribution in [1.82, 2.24) is 16.0 Å². The second kappa shape index (κ2) is 9.79. The highest BCUT2D eigenvalue weighted by atomic mass is 16.5. The van der Waals surface area contributed by atoms with Crippen molar-refractivity contribution in [2.75, 3.05) is 20.7 Å². The van der Waals surface area contributed by atoms with Gasteiger partial charge in [0.05, 0.1) is 19.6 Å². The van der Waals surface area contributed by atoms with Crippen molar-refractivity contribution < 1.29 is 20.5 Å². The van der Waals surface area contributed by atoms with E-state index < -0.39 is 29.9 Å². The maximum absolute atomic E-state index is 12.0. The number of hydrogen-bond donors (Lipinski definition) is 4. The van der Waals surface area contributed by atoms with Crippen molar-refractivity contribution in [3.05, 3.63) is 12.3 Å². The third-order valence-corrected chi connectivity index (χ3v) is 2.50. The molecule has 0 aromatic heterocycles. The van der Waals surface area contributed by atoms with Gasteiger partial charge in [0.25, 0.3) is 0 Å². The number of allylic oxidation sites excluding steroid dienone is 1. The van der Waals surface area contributed by atoms with Crippen LogP contribution in [0.15, 0.2) is 12.3 Å². The SMILES string of the molecule is [3H]NC(=O)[C@H](CNC=CC)NC(=O)[C@H](CC(=O)OC)NC. The van der Waals surface area contributed by atoms with Crippen molar-refractivity contribution in [3.63, 3.8) is 0 Å². The summed E-state index contributed by atoms with van der Waals surface area (Å²) in [4.78, 5) is 34.8. The van der Waals surface area contributed by atoms with Crippen molar-refractivity contribution in [2.45, 2.75) is 25.4 Å². The Bertz CT molecular complexity index is 389. The van der Waals surface area contributed by atoms with Crippen molar-refractivity contribution in [2.24, 2.45) is 5.73 Å². The van der Waals surface area contributed by atoms with E-state index in [2.05, 4.69) is 20.7 Å². The standard InChI is InChI=1S/C12H22N4O4/c1-4-5-15-7-9(11(13)18)16-12(19)8(14-2)6-10(17)20-3/h4-5,8-9,14-15H,6-7H2,1-3H3,(H2,13,18)(H,16,19)/t8-,9-/m0/s1/i/hT. The Labute approximate surface area is 119 Å². The van der Waals surface area contributed by atoms with Crippen molar-refractivity contribution >= 4 is 17.8 Å². The summed E-state index contributed by atoms with van der Waals surface area (Å²) < 4.78 is 11.4. The molecule has 8 nitrogen and oxygen atoms in total. The summed E-state index contributed by atoms with van der Waals surface area (Å²) in [5, 5.41) is 7.95. The summed E-state index contributed by atoms with van der Waals surface area (Å²) in [7, 11) is 2.75. The molecule has 0 fully saturated rings. The predicted octanol–water partition coefficient (Wildman–Crippen LogP) is -1.77. The summed E-state index contributed by atoms with van der Waals surface area (Å²) in [5.74, 6) is -1.73. The fourth-order valence-electron chi connectivity index (χ4n) is 1.36. The fourth-order valence-corrected chi connectivity index (χ4v) is 1.36. The topological polar surface area (TPSA) is 123 Å². The summed E-state index contributed by atoms with van der Waals surface area (Å²) in [5.41, 5.74) is 1.73. The predicted molar refractivity (Wildman–Crippen MR) is 73.4 cm³/mol. The van der Waals surface area contributed by atoms with E-state index in [1.165, 1.54) is 14.2 Å². The molecule has 0 unspecified atom stereocenters. The number of nitrogens with one attached hydrogen (secondary N) is 3. The average Bonchev–Trinajstić information content (AvgIpc) is 2.50. The van der Waals surface area contributed by atoms with Crippen LogP contribution in [0, 0.1) is 0 Å². The first-order valence-electron chi connectivity index (χ1n) is 6.60. The Hall–Kier alpha value is -2.09. The van der Waals surface area contributed by atoms with Gasteiger partial charge in [-0.15, -0.1) is 0 Å². The third-order valence-electron chi connectivity index (χ3n) is 2.50. The van der Waals surface area contributed by atoms with E-state index in [0.717, 1.165) is 0 Å². The van der Waals surface area contributed by atoms with E-state index >= 15 is 0 Å². The lowest BCUT2D eigenvalue weighted by Crippen LogP contribution is -2.54. The van der Waals surface area contributed by atoms with Gasteiger partial charge in [0.2, 0.25) is 11.8 Å². The number of carbonyl (C=O) groups is 3. The van der Waals surface area contributed by atoms with Gasteiger partial charge in [0, 0.05) is 6.54 Å². The van der Waals surface area contributed by atoms with E-state index in [1.54, 1.807) is 24.9 Å². The molecule has 114 valence electrons. The normalized spacial score (nSPS) is 14.1. The first kappa shape index (κ1) is 16.0. The number of carbonyl (C=O) groups excluding carboxylic acids is 3. The highest BCUT2D eigenvalue weighted by molar-refractivity contribution is 5.91. The lowest BCUT2D eigenvalue weighted by Gasteiger charge is -2.20. The minimum atomic E-state index is -0.931. The zero-order chi connectivity index (χ0) is 16.3. The van der Waals surface area contributed by atoms with Crippen LogP contribution in [-0.4, -0.2) is 50.6 Å². The molecule has 0 radical (unpaired) electrons. The van der Waals surface area contributed by atoms with Crippen LogP contribution in [0.5, 0.6) is 0 Å². The maximum Gasteiger partial charge on any atom is 0.307 e. The molecule has 0 saturated carbocycles. The number of amides is 2. The molecule has 2 amide bonds. The lowest BCUT2D eigenvalue weighted by molar-refractivity contribution is -0.143. The molecule has 0 aromatic carbocycles. The molecule has 0 aliphatic carbocycles. The molecule has 0 rings (SSSR count). The van der Waals surface area contributed by atoms with Crippen molar-refractivity contribution in [3.8, 4) is 0 Å². The van der Waals surface area contributed by atoms with Gasteiger partial charge < -0.3 is 26.4 Å². The van der Waals surface area contributed by atoms with Crippen LogP contribution in [0.25, 0.3) is 0 Å². The van der Waals surface area contributed by atoms with Crippen LogP contribution in [0.4, 0.5) is 0 Å². The molecule has 0 aliphatic heterocycles. The quantitative estimate of drug-likeness (QED) is 0.372. The van der Waals surface area contributed by atoms with Crippen LogP contribution >= 0.6 is 0 Å². The van der Waals surface area contributed by atoms with E-state index in [0.29, 0.717) is 0 Å². The largest absolute Gasteiger partial charge is 0.469 e.